The van der Waals surface area contributed by atoms with Gasteiger partial charge in [0, 0.05) is 17.9 Å². The lowest BCUT2D eigenvalue weighted by molar-refractivity contribution is -0.119. The van der Waals surface area contributed by atoms with E-state index in [-0.39, 0.29) is 24.1 Å². The largest absolute Gasteiger partial charge is 0.325 e. The minimum Gasteiger partial charge on any atom is -0.325 e. The number of rotatable bonds is 8. The normalized spacial score (nSPS) is 10.9. The monoisotopic (exact) mass is 472 g/mol. The van der Waals surface area contributed by atoms with Gasteiger partial charge < -0.3 is 14.8 Å². The number of nitrogens with zero attached hydrogens (tertiary/aromatic N) is 3. The molecule has 0 radical (unpaired) electrons. The van der Waals surface area contributed by atoms with Crippen LogP contribution in [0, 0.1) is 13.8 Å². The summed E-state index contributed by atoms with van der Waals surface area (Å²) in [5.74, 6) is 0.0524. The third-order valence-electron chi connectivity index (χ3n) is 5.72. The highest BCUT2D eigenvalue weighted by atomic mass is 32.2. The van der Waals surface area contributed by atoms with Crippen molar-refractivity contribution in [2.75, 3.05) is 22.5 Å². The SMILES string of the molecule is CCN(C(=O)Cn1c(SCC(=O)Nc2ccc(C)c(C)c2)nc2ccccc21)c1ccccc1. The molecule has 4 rings (SSSR count). The van der Waals surface area contributed by atoms with Crippen LogP contribution in [-0.2, 0) is 16.1 Å². The lowest BCUT2D eigenvalue weighted by Crippen LogP contribution is -2.33. The Bertz CT molecular complexity index is 1320. The van der Waals surface area contributed by atoms with E-state index >= 15 is 0 Å². The summed E-state index contributed by atoms with van der Waals surface area (Å²) >= 11 is 1.33. The van der Waals surface area contributed by atoms with Gasteiger partial charge >= 0.3 is 0 Å². The molecule has 4 aromatic rings. The van der Waals surface area contributed by atoms with Gasteiger partial charge in [-0.15, -0.1) is 0 Å². The molecule has 2 amide bonds. The minimum atomic E-state index is -0.113. The zero-order chi connectivity index (χ0) is 24.1. The van der Waals surface area contributed by atoms with Gasteiger partial charge in [-0.1, -0.05) is 48.2 Å². The van der Waals surface area contributed by atoms with E-state index in [9.17, 15) is 9.59 Å². The van der Waals surface area contributed by atoms with Gasteiger partial charge in [-0.2, -0.15) is 0 Å². The smallest absolute Gasteiger partial charge is 0.247 e. The topological polar surface area (TPSA) is 67.2 Å². The second kappa shape index (κ2) is 10.6. The molecule has 34 heavy (non-hydrogen) atoms. The molecular formula is C27H28N4O2S. The van der Waals surface area contributed by atoms with Crippen LogP contribution >= 0.6 is 11.8 Å². The molecule has 0 saturated heterocycles. The number of nitrogens with one attached hydrogen (secondary N) is 1. The Labute approximate surface area is 204 Å². The number of amides is 2. The molecule has 6 nitrogen and oxygen atoms in total. The van der Waals surface area contributed by atoms with Gasteiger partial charge in [-0.25, -0.2) is 4.98 Å². The molecule has 1 aromatic heterocycles. The van der Waals surface area contributed by atoms with Crippen molar-refractivity contribution in [3.8, 4) is 0 Å². The molecule has 3 aromatic carbocycles. The Kier molecular flexibility index (Phi) is 7.33. The molecule has 174 valence electrons. The zero-order valence-corrected chi connectivity index (χ0v) is 20.4. The number of fused-ring (bicyclic) bond motifs is 1. The first kappa shape index (κ1) is 23.6. The predicted molar refractivity (Wildman–Crippen MR) is 139 cm³/mol. The maximum atomic E-state index is 13.3. The molecule has 0 atom stereocenters. The zero-order valence-electron chi connectivity index (χ0n) is 19.6. The maximum absolute atomic E-state index is 13.3. The van der Waals surface area contributed by atoms with Crippen LogP contribution in [-0.4, -0.2) is 33.7 Å². The molecule has 1 heterocycles. The third kappa shape index (κ3) is 5.31. The lowest BCUT2D eigenvalue weighted by Gasteiger charge is -2.22. The molecule has 0 aliphatic heterocycles. The summed E-state index contributed by atoms with van der Waals surface area (Å²) in [5, 5.41) is 3.60. The number of likely N-dealkylation sites (N-methyl/N-ethyl adjacent to an activating group) is 1. The molecule has 0 unspecified atom stereocenters. The Hall–Kier alpha value is -3.58. The first-order valence-electron chi connectivity index (χ1n) is 11.3. The van der Waals surface area contributed by atoms with Gasteiger partial charge in [0.25, 0.3) is 0 Å². The highest BCUT2D eigenvalue weighted by Crippen LogP contribution is 2.25. The number of hydrogen-bond donors (Lipinski definition) is 1. The highest BCUT2D eigenvalue weighted by Gasteiger charge is 2.19. The van der Waals surface area contributed by atoms with E-state index in [0.717, 1.165) is 28.0 Å². The standard InChI is InChI=1S/C27H28N4O2S/c1-4-30(22-10-6-5-7-11-22)26(33)17-31-24-13-9-8-12-23(24)29-27(31)34-18-25(32)28-21-15-14-19(2)20(3)16-21/h5-16H,4,17-18H2,1-3H3,(H,28,32). The van der Waals surface area contributed by atoms with E-state index in [0.29, 0.717) is 11.7 Å². The molecule has 7 heteroatoms. The number of aryl methyl sites for hydroxylation is 2. The number of para-hydroxylation sites is 3. The Balaban J connectivity index is 1.52. The second-order valence-corrected chi connectivity index (χ2v) is 9.02. The van der Waals surface area contributed by atoms with E-state index in [4.69, 9.17) is 4.98 Å². The summed E-state index contributed by atoms with van der Waals surface area (Å²) < 4.78 is 1.90. The first-order chi connectivity index (χ1) is 16.5. The van der Waals surface area contributed by atoms with Crippen LogP contribution in [0.1, 0.15) is 18.1 Å². The van der Waals surface area contributed by atoms with Gasteiger partial charge in [0.1, 0.15) is 6.54 Å². The highest BCUT2D eigenvalue weighted by molar-refractivity contribution is 7.99. The van der Waals surface area contributed by atoms with Crippen LogP contribution in [0.3, 0.4) is 0 Å². The van der Waals surface area contributed by atoms with E-state index in [2.05, 4.69) is 5.32 Å². The van der Waals surface area contributed by atoms with Crippen molar-refractivity contribution in [2.45, 2.75) is 32.5 Å². The number of carbonyl (C=O) groups excluding carboxylic acids is 2. The van der Waals surface area contributed by atoms with Crippen molar-refractivity contribution < 1.29 is 9.59 Å². The maximum Gasteiger partial charge on any atom is 0.247 e. The molecule has 0 aliphatic carbocycles. The number of carbonyl (C=O) groups is 2. The van der Waals surface area contributed by atoms with Crippen LogP contribution in [0.15, 0.2) is 78.0 Å². The third-order valence-corrected chi connectivity index (χ3v) is 6.70. The van der Waals surface area contributed by atoms with Crippen LogP contribution in [0.5, 0.6) is 0 Å². The van der Waals surface area contributed by atoms with Crippen molar-refractivity contribution in [2.24, 2.45) is 0 Å². The number of hydrogen-bond acceptors (Lipinski definition) is 4. The Morgan fingerprint density at radius 3 is 2.44 bits per heavy atom. The van der Waals surface area contributed by atoms with Gasteiger partial charge in [0.15, 0.2) is 5.16 Å². The fourth-order valence-electron chi connectivity index (χ4n) is 3.79. The van der Waals surface area contributed by atoms with Crippen LogP contribution in [0.4, 0.5) is 11.4 Å². The van der Waals surface area contributed by atoms with Crippen LogP contribution < -0.4 is 10.2 Å². The second-order valence-electron chi connectivity index (χ2n) is 8.08. The van der Waals surface area contributed by atoms with Gasteiger partial charge in [-0.05, 0) is 68.3 Å². The van der Waals surface area contributed by atoms with Crippen molar-refractivity contribution in [3.05, 3.63) is 83.9 Å². The average molecular weight is 473 g/mol. The number of anilines is 2. The van der Waals surface area contributed by atoms with Crippen molar-refractivity contribution in [1.29, 1.82) is 0 Å². The van der Waals surface area contributed by atoms with E-state index in [1.165, 1.54) is 17.3 Å². The average Bonchev–Trinajstić information content (AvgIpc) is 3.18. The first-order valence-corrected chi connectivity index (χ1v) is 12.3. The van der Waals surface area contributed by atoms with Gasteiger partial charge in [0.05, 0.1) is 16.8 Å². The number of benzene rings is 3. The summed E-state index contributed by atoms with van der Waals surface area (Å²) in [5.41, 5.74) is 5.62. The molecule has 1 N–H and O–H groups in total. The van der Waals surface area contributed by atoms with E-state index < -0.39 is 0 Å². The lowest BCUT2D eigenvalue weighted by atomic mass is 10.1. The fourth-order valence-corrected chi connectivity index (χ4v) is 4.61. The molecule has 0 bridgehead atoms. The molecule has 0 saturated carbocycles. The van der Waals surface area contributed by atoms with E-state index in [1.807, 2.05) is 98.1 Å². The Morgan fingerprint density at radius 2 is 1.71 bits per heavy atom. The van der Waals surface area contributed by atoms with Crippen molar-refractivity contribution in [3.63, 3.8) is 0 Å². The molecule has 0 fully saturated rings. The van der Waals surface area contributed by atoms with Crippen LogP contribution in [0.25, 0.3) is 11.0 Å². The van der Waals surface area contributed by atoms with Gasteiger partial charge in [-0.3, -0.25) is 9.59 Å². The quantitative estimate of drug-likeness (QED) is 0.347. The summed E-state index contributed by atoms with van der Waals surface area (Å²) in [4.78, 5) is 32.4. The summed E-state index contributed by atoms with van der Waals surface area (Å²) in [6, 6.07) is 23.2. The van der Waals surface area contributed by atoms with Crippen molar-refractivity contribution in [1.82, 2.24) is 9.55 Å². The summed E-state index contributed by atoms with van der Waals surface area (Å²) in [6.45, 7) is 6.73. The minimum absolute atomic E-state index is 0.0294. The number of aromatic nitrogens is 2. The number of imidazole rings is 1. The molecule has 0 spiro atoms. The van der Waals surface area contributed by atoms with Crippen molar-refractivity contribution >= 4 is 46.0 Å². The predicted octanol–water partition coefficient (Wildman–Crippen LogP) is 5.44. The van der Waals surface area contributed by atoms with E-state index in [1.54, 1.807) is 4.90 Å². The van der Waals surface area contributed by atoms with Crippen LogP contribution in [0.2, 0.25) is 0 Å². The fraction of sp³-hybridized carbons (Fsp3) is 0.222. The molecular weight excluding hydrogens is 444 g/mol. The summed E-state index contributed by atoms with van der Waals surface area (Å²) in [7, 11) is 0. The number of thioether (sulfide) groups is 1. The Morgan fingerprint density at radius 1 is 0.971 bits per heavy atom. The van der Waals surface area contributed by atoms with Gasteiger partial charge in [0.2, 0.25) is 11.8 Å². The summed E-state index contributed by atoms with van der Waals surface area (Å²) in [6.07, 6.45) is 0. The molecule has 0 aliphatic rings.